The zero-order valence-electron chi connectivity index (χ0n) is 11.6. The maximum atomic E-state index is 11.6. The van der Waals surface area contributed by atoms with Crippen molar-refractivity contribution in [3.63, 3.8) is 0 Å². The van der Waals surface area contributed by atoms with Gasteiger partial charge in [0.05, 0.1) is 12.7 Å². The van der Waals surface area contributed by atoms with Crippen molar-refractivity contribution in [2.75, 3.05) is 24.3 Å². The number of nitrogens with two attached hydrogens (primary N) is 1. The summed E-state index contributed by atoms with van der Waals surface area (Å²) in [5.41, 5.74) is 7.68. The van der Waals surface area contributed by atoms with Crippen molar-refractivity contribution >= 4 is 17.3 Å². The lowest BCUT2D eigenvalue weighted by Gasteiger charge is -2.29. The van der Waals surface area contributed by atoms with Crippen molar-refractivity contribution in [1.29, 1.82) is 0 Å². The number of nitrogen functional groups attached to an aromatic ring is 1. The van der Waals surface area contributed by atoms with Gasteiger partial charge in [-0.3, -0.25) is 0 Å². The smallest absolute Gasteiger partial charge is 0.340 e. The van der Waals surface area contributed by atoms with Crippen LogP contribution in [0.5, 0.6) is 0 Å². The molecule has 1 aromatic carbocycles. The highest BCUT2D eigenvalue weighted by atomic mass is 16.5. The van der Waals surface area contributed by atoms with E-state index < -0.39 is 5.97 Å². The number of carbonyl (C=O) groups is 1. The number of hydrogen-bond donors (Lipinski definition) is 1. The first-order chi connectivity index (χ1) is 8.51. The van der Waals surface area contributed by atoms with Crippen molar-refractivity contribution in [3.05, 3.63) is 23.8 Å². The molecule has 0 aliphatic rings. The largest absolute Gasteiger partial charge is 0.465 e. The average Bonchev–Trinajstić information content (AvgIpc) is 2.35. The zero-order chi connectivity index (χ0) is 13.7. The summed E-state index contributed by atoms with van der Waals surface area (Å²) in [6.45, 7) is 7.34. The molecule has 0 aliphatic heterocycles. The summed E-state index contributed by atoms with van der Waals surface area (Å²) >= 11 is 0. The summed E-state index contributed by atoms with van der Waals surface area (Å²) in [5, 5.41) is 0. The number of benzene rings is 1. The number of rotatable bonds is 5. The van der Waals surface area contributed by atoms with Crippen molar-refractivity contribution < 1.29 is 9.53 Å². The van der Waals surface area contributed by atoms with Gasteiger partial charge in [-0.15, -0.1) is 0 Å². The Kier molecular flexibility index (Phi) is 5.01. The lowest BCUT2D eigenvalue weighted by atomic mass is 10.1. The molecule has 4 nitrogen and oxygen atoms in total. The summed E-state index contributed by atoms with van der Waals surface area (Å²) in [4.78, 5) is 13.9. The van der Waals surface area contributed by atoms with Crippen LogP contribution < -0.4 is 10.6 Å². The minimum Gasteiger partial charge on any atom is -0.465 e. The first-order valence-electron chi connectivity index (χ1n) is 6.25. The third-order valence-corrected chi connectivity index (χ3v) is 2.86. The van der Waals surface area contributed by atoms with E-state index in [9.17, 15) is 4.79 Å². The molecule has 0 heterocycles. The predicted molar refractivity (Wildman–Crippen MR) is 75.0 cm³/mol. The molecule has 4 heteroatoms. The van der Waals surface area contributed by atoms with E-state index in [-0.39, 0.29) is 0 Å². The van der Waals surface area contributed by atoms with Gasteiger partial charge in [-0.2, -0.15) is 0 Å². The first-order valence-corrected chi connectivity index (χ1v) is 6.25. The van der Waals surface area contributed by atoms with Gasteiger partial charge in [0.2, 0.25) is 0 Å². The van der Waals surface area contributed by atoms with Crippen LogP contribution in [0.2, 0.25) is 0 Å². The molecule has 0 fully saturated rings. The lowest BCUT2D eigenvalue weighted by Crippen LogP contribution is -2.31. The van der Waals surface area contributed by atoms with Crippen LogP contribution in [0.25, 0.3) is 0 Å². The Morgan fingerprint density at radius 1 is 1.44 bits per heavy atom. The van der Waals surface area contributed by atoms with Gasteiger partial charge in [0.15, 0.2) is 0 Å². The van der Waals surface area contributed by atoms with E-state index in [1.54, 1.807) is 12.1 Å². The molecular formula is C14H22N2O2. The highest BCUT2D eigenvalue weighted by molar-refractivity contribution is 5.96. The topological polar surface area (TPSA) is 55.6 Å². The van der Waals surface area contributed by atoms with Crippen LogP contribution in [0.4, 0.5) is 11.4 Å². The fraction of sp³-hybridized carbons (Fsp3) is 0.500. The third kappa shape index (κ3) is 3.15. The molecule has 0 spiro atoms. The van der Waals surface area contributed by atoms with E-state index in [0.717, 1.165) is 18.7 Å². The van der Waals surface area contributed by atoms with Crippen LogP contribution in [0.15, 0.2) is 18.2 Å². The Hall–Kier alpha value is -1.71. The fourth-order valence-corrected chi connectivity index (χ4v) is 1.94. The monoisotopic (exact) mass is 250 g/mol. The molecular weight excluding hydrogens is 228 g/mol. The second-order valence-corrected chi connectivity index (χ2v) is 4.55. The number of nitrogens with zero attached hydrogens (tertiary/aromatic N) is 1. The van der Waals surface area contributed by atoms with Gasteiger partial charge >= 0.3 is 5.97 Å². The lowest BCUT2D eigenvalue weighted by molar-refractivity contribution is 0.0602. The minimum atomic E-state index is -0.394. The van der Waals surface area contributed by atoms with Gasteiger partial charge in [-0.1, -0.05) is 6.92 Å². The third-order valence-electron chi connectivity index (χ3n) is 2.86. The van der Waals surface area contributed by atoms with Crippen LogP contribution in [0, 0.1) is 0 Å². The fourth-order valence-electron chi connectivity index (χ4n) is 1.94. The predicted octanol–water partition coefficient (Wildman–Crippen LogP) is 2.68. The van der Waals surface area contributed by atoms with Crippen molar-refractivity contribution in [1.82, 2.24) is 0 Å². The zero-order valence-corrected chi connectivity index (χ0v) is 11.6. The maximum absolute atomic E-state index is 11.6. The minimum absolute atomic E-state index is 0.374. The molecule has 0 aliphatic carbocycles. The van der Waals surface area contributed by atoms with E-state index >= 15 is 0 Å². The van der Waals surface area contributed by atoms with Crippen LogP contribution in [-0.4, -0.2) is 25.7 Å². The van der Waals surface area contributed by atoms with Gasteiger partial charge in [-0.25, -0.2) is 4.79 Å². The summed E-state index contributed by atoms with van der Waals surface area (Å²) < 4.78 is 4.73. The highest BCUT2D eigenvalue weighted by Gasteiger charge is 2.15. The van der Waals surface area contributed by atoms with E-state index in [1.807, 2.05) is 6.07 Å². The van der Waals surface area contributed by atoms with E-state index in [4.69, 9.17) is 10.5 Å². The maximum Gasteiger partial charge on any atom is 0.340 e. The van der Waals surface area contributed by atoms with Crippen LogP contribution >= 0.6 is 0 Å². The number of carbonyl (C=O) groups excluding carboxylic acids is 1. The molecule has 0 amide bonds. The molecule has 100 valence electrons. The Morgan fingerprint density at radius 3 is 2.61 bits per heavy atom. The quantitative estimate of drug-likeness (QED) is 0.645. The average molecular weight is 250 g/mol. The summed E-state index contributed by atoms with van der Waals surface area (Å²) in [6.07, 6.45) is 1.05. The first kappa shape index (κ1) is 14.4. The molecule has 0 saturated carbocycles. The SMILES string of the molecule is CCCN(c1ccc(N)c(C(=O)OC)c1)C(C)C. The van der Waals surface area contributed by atoms with Gasteiger partial charge in [0, 0.05) is 24.0 Å². The van der Waals surface area contributed by atoms with E-state index in [0.29, 0.717) is 17.3 Å². The second-order valence-electron chi connectivity index (χ2n) is 4.55. The molecule has 0 aromatic heterocycles. The second kappa shape index (κ2) is 6.28. The molecule has 0 atom stereocenters. The van der Waals surface area contributed by atoms with Crippen molar-refractivity contribution in [2.24, 2.45) is 0 Å². The molecule has 1 rings (SSSR count). The Morgan fingerprint density at radius 2 is 2.11 bits per heavy atom. The number of methoxy groups -OCH3 is 1. The Labute approximate surface area is 109 Å². The van der Waals surface area contributed by atoms with Gasteiger partial charge in [-0.05, 0) is 38.5 Å². The number of ether oxygens (including phenoxy) is 1. The summed E-state index contributed by atoms with van der Waals surface area (Å²) in [5.74, 6) is -0.394. The summed E-state index contributed by atoms with van der Waals surface area (Å²) in [7, 11) is 1.36. The van der Waals surface area contributed by atoms with Crippen LogP contribution in [0.1, 0.15) is 37.6 Å². The van der Waals surface area contributed by atoms with E-state index in [1.165, 1.54) is 7.11 Å². The van der Waals surface area contributed by atoms with Gasteiger partial charge < -0.3 is 15.4 Å². The molecule has 18 heavy (non-hydrogen) atoms. The normalized spacial score (nSPS) is 10.5. The van der Waals surface area contributed by atoms with Crippen molar-refractivity contribution in [3.8, 4) is 0 Å². The highest BCUT2D eigenvalue weighted by Crippen LogP contribution is 2.23. The van der Waals surface area contributed by atoms with Crippen LogP contribution in [-0.2, 0) is 4.74 Å². The Bertz CT molecular complexity index is 416. The molecule has 0 radical (unpaired) electrons. The molecule has 0 saturated heterocycles. The van der Waals surface area contributed by atoms with Crippen molar-refractivity contribution in [2.45, 2.75) is 33.2 Å². The molecule has 0 bridgehead atoms. The molecule has 1 aromatic rings. The summed E-state index contributed by atoms with van der Waals surface area (Å²) in [6, 6.07) is 5.88. The number of anilines is 2. The number of esters is 1. The van der Waals surface area contributed by atoms with Gasteiger partial charge in [0.1, 0.15) is 0 Å². The molecule has 2 N–H and O–H groups in total. The van der Waals surface area contributed by atoms with Gasteiger partial charge in [0.25, 0.3) is 0 Å². The van der Waals surface area contributed by atoms with E-state index in [2.05, 4.69) is 25.7 Å². The molecule has 0 unspecified atom stereocenters. The standard InChI is InChI=1S/C14H22N2O2/c1-5-8-16(10(2)3)11-6-7-13(15)12(9-11)14(17)18-4/h6-7,9-10H,5,8,15H2,1-4H3. The number of hydrogen-bond acceptors (Lipinski definition) is 4. The Balaban J connectivity index is 3.13. The van der Waals surface area contributed by atoms with Crippen LogP contribution in [0.3, 0.4) is 0 Å².